The molecule has 1 atom stereocenters. The highest BCUT2D eigenvalue weighted by molar-refractivity contribution is 5.75. The van der Waals surface area contributed by atoms with E-state index in [1.807, 2.05) is 0 Å². The molecule has 0 aliphatic heterocycles. The average Bonchev–Trinajstić information content (AvgIpc) is 2.29. The van der Waals surface area contributed by atoms with Gasteiger partial charge in [0.05, 0.1) is 5.56 Å². The molecule has 9 heteroatoms. The normalized spacial score (nSPS) is 13.3. The van der Waals surface area contributed by atoms with Crippen LogP contribution in [0.1, 0.15) is 5.56 Å². The Balaban J connectivity index is 3.47. The largest absolute Gasteiger partial charge is 0.504 e. The molecule has 0 fully saturated rings. The number of hydrogen-bond donors (Lipinski definition) is 8. The van der Waals surface area contributed by atoms with Crippen molar-refractivity contribution in [3.63, 3.8) is 0 Å². The van der Waals surface area contributed by atoms with Gasteiger partial charge >= 0.3 is 5.97 Å². The van der Waals surface area contributed by atoms with E-state index in [4.69, 9.17) is 21.1 Å². The van der Waals surface area contributed by atoms with Gasteiger partial charge in [-0.15, -0.1) is 0 Å². The summed E-state index contributed by atoms with van der Waals surface area (Å²) in [5.74, 6) is -9.62. The van der Waals surface area contributed by atoms with E-state index < -0.39 is 46.4 Å². The molecule has 9 N–H and O–H groups in total. The van der Waals surface area contributed by atoms with Crippen LogP contribution in [0.4, 0.5) is 0 Å². The van der Waals surface area contributed by atoms with Crippen LogP contribution in [0.15, 0.2) is 6.07 Å². The number of aliphatic hydroxyl groups is 2. The highest BCUT2D eigenvalue weighted by atomic mass is 16.5. The molecule has 0 saturated carbocycles. The zero-order valence-corrected chi connectivity index (χ0v) is 8.77. The molecule has 0 aromatic heterocycles. The van der Waals surface area contributed by atoms with Crippen molar-refractivity contribution >= 4 is 5.97 Å². The third-order valence-electron chi connectivity index (χ3n) is 2.32. The Kier molecular flexibility index (Phi) is 3.24. The summed E-state index contributed by atoms with van der Waals surface area (Å²) < 4.78 is 0. The second-order valence-corrected chi connectivity index (χ2v) is 3.53. The van der Waals surface area contributed by atoms with Gasteiger partial charge in [0.15, 0.2) is 17.5 Å². The first-order valence-corrected chi connectivity index (χ1v) is 4.51. The van der Waals surface area contributed by atoms with E-state index in [1.165, 1.54) is 0 Å². The predicted octanol–water partition coefficient (Wildman–Crippen LogP) is -1.94. The van der Waals surface area contributed by atoms with Gasteiger partial charge in [-0.25, -0.2) is 0 Å². The Morgan fingerprint density at radius 3 is 2.06 bits per heavy atom. The number of aliphatic carboxylic acids is 1. The van der Waals surface area contributed by atoms with Crippen molar-refractivity contribution in [3.05, 3.63) is 11.6 Å². The Morgan fingerprint density at radius 1 is 1.11 bits per heavy atom. The highest BCUT2D eigenvalue weighted by Crippen LogP contribution is 2.46. The molecule has 1 unspecified atom stereocenters. The van der Waals surface area contributed by atoms with Crippen LogP contribution in [-0.2, 0) is 10.6 Å². The van der Waals surface area contributed by atoms with Crippen LogP contribution in [0.25, 0.3) is 0 Å². The van der Waals surface area contributed by atoms with Gasteiger partial charge in [0.1, 0.15) is 0 Å². The number of nitrogens with two attached hydrogens (primary N) is 1. The van der Waals surface area contributed by atoms with Crippen molar-refractivity contribution in [2.45, 2.75) is 11.8 Å². The molecule has 0 heterocycles. The van der Waals surface area contributed by atoms with E-state index in [0.29, 0.717) is 6.07 Å². The number of aromatic hydroxyl groups is 4. The topological polar surface area (TPSA) is 185 Å². The molecule has 100 valence electrons. The summed E-state index contributed by atoms with van der Waals surface area (Å²) >= 11 is 0. The molecule has 0 amide bonds. The van der Waals surface area contributed by atoms with E-state index in [9.17, 15) is 25.2 Å². The zero-order valence-electron chi connectivity index (χ0n) is 8.77. The third-order valence-corrected chi connectivity index (χ3v) is 2.32. The highest BCUT2D eigenvalue weighted by Gasteiger charge is 2.42. The third kappa shape index (κ3) is 1.97. The van der Waals surface area contributed by atoms with Gasteiger partial charge in [-0.1, -0.05) is 0 Å². The van der Waals surface area contributed by atoms with Gasteiger partial charge in [0.2, 0.25) is 17.3 Å². The quantitative estimate of drug-likeness (QED) is 0.174. The average molecular weight is 261 g/mol. The van der Waals surface area contributed by atoms with E-state index in [-0.39, 0.29) is 0 Å². The second-order valence-electron chi connectivity index (χ2n) is 3.53. The number of phenolic OH excluding ortho intramolecular Hbond substituents is 4. The van der Waals surface area contributed by atoms with E-state index in [0.717, 1.165) is 0 Å². The zero-order chi connectivity index (χ0) is 14.2. The maximum Gasteiger partial charge on any atom is 0.326 e. The van der Waals surface area contributed by atoms with Gasteiger partial charge in [0.25, 0.3) is 0 Å². The van der Waals surface area contributed by atoms with Crippen molar-refractivity contribution in [3.8, 4) is 23.0 Å². The molecule has 9 nitrogen and oxygen atoms in total. The molecule has 1 rings (SSSR count). The molecule has 0 radical (unpaired) electrons. The van der Waals surface area contributed by atoms with Crippen molar-refractivity contribution in [1.82, 2.24) is 0 Å². The summed E-state index contributed by atoms with van der Waals surface area (Å²) in [5, 5.41) is 64.4. The molecule has 18 heavy (non-hydrogen) atoms. The lowest BCUT2D eigenvalue weighted by Crippen LogP contribution is -2.50. The molecule has 0 saturated heterocycles. The Labute approximate surface area is 99.6 Å². The number of phenols is 4. The standard InChI is InChI=1S/C9H11NO8/c10-7(8(15)16)9(17,18)2-1-3(11)5(13)6(14)4(2)12/h1,7,11-14,17-18H,10H2,(H,15,16). The first-order chi connectivity index (χ1) is 8.10. The van der Waals surface area contributed by atoms with Crippen LogP contribution in [-0.4, -0.2) is 47.8 Å². The van der Waals surface area contributed by atoms with Gasteiger partial charge in [-0.3, -0.25) is 4.79 Å². The summed E-state index contributed by atoms with van der Waals surface area (Å²) in [6.07, 6.45) is 0. The van der Waals surface area contributed by atoms with Crippen LogP contribution in [0.3, 0.4) is 0 Å². The molecule has 0 spiro atoms. The molecule has 0 bridgehead atoms. The van der Waals surface area contributed by atoms with Crippen molar-refractivity contribution in [2.75, 3.05) is 0 Å². The molecule has 0 aliphatic rings. The number of benzene rings is 1. The number of rotatable bonds is 3. The minimum Gasteiger partial charge on any atom is -0.504 e. The SMILES string of the molecule is NC(C(=O)O)C(O)(O)c1cc(O)c(O)c(O)c1O. The lowest BCUT2D eigenvalue weighted by molar-refractivity contribution is -0.197. The fourth-order valence-corrected chi connectivity index (χ4v) is 1.25. The minimum absolute atomic E-state index is 0.465. The van der Waals surface area contributed by atoms with E-state index >= 15 is 0 Å². The summed E-state index contributed by atoms with van der Waals surface area (Å²) in [6, 6.07) is -1.79. The number of carbonyl (C=O) groups is 1. The maximum atomic E-state index is 10.6. The lowest BCUT2D eigenvalue weighted by atomic mass is 9.96. The summed E-state index contributed by atoms with van der Waals surface area (Å²) in [6.45, 7) is 0. The van der Waals surface area contributed by atoms with Gasteiger partial charge in [-0.2, -0.15) is 0 Å². The van der Waals surface area contributed by atoms with Gasteiger partial charge < -0.3 is 41.5 Å². The molecule has 1 aromatic carbocycles. The Bertz CT molecular complexity index is 498. The van der Waals surface area contributed by atoms with Crippen LogP contribution in [0.5, 0.6) is 23.0 Å². The van der Waals surface area contributed by atoms with Crippen LogP contribution < -0.4 is 5.73 Å². The first kappa shape index (κ1) is 13.8. The second kappa shape index (κ2) is 4.22. The Hall–Kier alpha value is -2.23. The summed E-state index contributed by atoms with van der Waals surface area (Å²) in [4.78, 5) is 10.6. The van der Waals surface area contributed by atoms with Gasteiger partial charge in [-0.05, 0) is 6.07 Å². The van der Waals surface area contributed by atoms with Crippen LogP contribution in [0.2, 0.25) is 0 Å². The lowest BCUT2D eigenvalue weighted by Gasteiger charge is -2.26. The van der Waals surface area contributed by atoms with Gasteiger partial charge in [0, 0.05) is 0 Å². The smallest absolute Gasteiger partial charge is 0.326 e. The van der Waals surface area contributed by atoms with Crippen molar-refractivity contribution in [2.24, 2.45) is 5.73 Å². The van der Waals surface area contributed by atoms with E-state index in [1.54, 1.807) is 0 Å². The number of carboxylic acid groups (broad SMARTS) is 1. The molecular weight excluding hydrogens is 250 g/mol. The number of carboxylic acids is 1. The molecule has 0 aliphatic carbocycles. The Morgan fingerprint density at radius 2 is 1.61 bits per heavy atom. The molecular formula is C9H11NO8. The van der Waals surface area contributed by atoms with Crippen LogP contribution >= 0.6 is 0 Å². The predicted molar refractivity (Wildman–Crippen MR) is 54.8 cm³/mol. The number of hydrogen-bond acceptors (Lipinski definition) is 8. The van der Waals surface area contributed by atoms with Crippen molar-refractivity contribution < 1.29 is 40.5 Å². The van der Waals surface area contributed by atoms with Crippen molar-refractivity contribution in [1.29, 1.82) is 0 Å². The summed E-state index contributed by atoms with van der Waals surface area (Å²) in [5.41, 5.74) is 4.03. The minimum atomic E-state index is -3.27. The molecule has 1 aromatic rings. The van der Waals surface area contributed by atoms with E-state index in [2.05, 4.69) is 0 Å². The fourth-order valence-electron chi connectivity index (χ4n) is 1.25. The maximum absolute atomic E-state index is 10.6. The summed E-state index contributed by atoms with van der Waals surface area (Å²) in [7, 11) is 0. The first-order valence-electron chi connectivity index (χ1n) is 4.51. The monoisotopic (exact) mass is 261 g/mol. The van der Waals surface area contributed by atoms with Crippen LogP contribution in [0, 0.1) is 0 Å². The fraction of sp³-hybridized carbons (Fsp3) is 0.222.